The number of piperazine rings is 1. The average molecular weight is 500 g/mol. The number of likely N-dealkylation sites (N-methyl/N-ethyl adjacent to an activating group) is 1. The van der Waals surface area contributed by atoms with Crippen LogP contribution in [0.25, 0.3) is 0 Å². The molecule has 1 fully saturated rings. The zero-order chi connectivity index (χ0) is 26.8. The Kier molecular flexibility index (Phi) is 8.33. The van der Waals surface area contributed by atoms with Crippen LogP contribution >= 0.6 is 0 Å². The van der Waals surface area contributed by atoms with E-state index in [0.717, 1.165) is 16.7 Å². The third kappa shape index (κ3) is 6.19. The highest BCUT2D eigenvalue weighted by atomic mass is 16.5. The van der Waals surface area contributed by atoms with Crippen LogP contribution in [-0.4, -0.2) is 84.1 Å². The van der Waals surface area contributed by atoms with Crippen molar-refractivity contribution in [3.63, 3.8) is 0 Å². The highest BCUT2D eigenvalue weighted by Crippen LogP contribution is 2.33. The van der Waals surface area contributed by atoms with Gasteiger partial charge in [-0.05, 0) is 59.6 Å². The van der Waals surface area contributed by atoms with E-state index >= 15 is 0 Å². The van der Waals surface area contributed by atoms with Crippen molar-refractivity contribution in [2.75, 3.05) is 39.8 Å². The fourth-order valence-corrected chi connectivity index (χ4v) is 4.79. The normalized spacial score (nSPS) is 21.4. The molecule has 2 aliphatic rings. The summed E-state index contributed by atoms with van der Waals surface area (Å²) in [6.45, 7) is 16.1. The number of carbonyl (C=O) groups excluding carboxylic acids is 3. The zero-order valence-electron chi connectivity index (χ0n) is 22.9. The van der Waals surface area contributed by atoms with Crippen LogP contribution in [0.3, 0.4) is 0 Å². The van der Waals surface area contributed by atoms with Gasteiger partial charge in [-0.3, -0.25) is 9.80 Å². The van der Waals surface area contributed by atoms with Gasteiger partial charge in [0, 0.05) is 50.5 Å². The summed E-state index contributed by atoms with van der Waals surface area (Å²) in [4.78, 5) is 44.6. The number of aryl methyl sites for hydroxylation is 2. The van der Waals surface area contributed by atoms with Crippen molar-refractivity contribution in [3.05, 3.63) is 46.2 Å². The molecule has 2 atom stereocenters. The smallest absolute Gasteiger partial charge is 0.338 e. The number of nitrogens with one attached hydrogen (secondary N) is 2. The average Bonchev–Trinajstić information content (AvgIpc) is 2.77. The highest BCUT2D eigenvalue weighted by molar-refractivity contribution is 5.95. The van der Waals surface area contributed by atoms with Gasteiger partial charge in [0.05, 0.1) is 18.2 Å². The van der Waals surface area contributed by atoms with Crippen LogP contribution in [0.4, 0.5) is 9.59 Å². The first-order chi connectivity index (χ1) is 16.8. The second kappa shape index (κ2) is 10.9. The molecule has 0 radical (unpaired) electrons. The lowest BCUT2D eigenvalue weighted by atomic mass is 9.90. The monoisotopic (exact) mass is 499 g/mol. The van der Waals surface area contributed by atoms with Gasteiger partial charge < -0.3 is 20.3 Å². The maximum absolute atomic E-state index is 13.3. The summed E-state index contributed by atoms with van der Waals surface area (Å²) >= 11 is 0. The molecule has 9 nitrogen and oxygen atoms in total. The number of ether oxygens (including phenoxy) is 1. The number of rotatable bonds is 5. The molecule has 1 aromatic carbocycles. The predicted molar refractivity (Wildman–Crippen MR) is 140 cm³/mol. The van der Waals surface area contributed by atoms with E-state index in [0.29, 0.717) is 37.4 Å². The van der Waals surface area contributed by atoms with E-state index in [1.165, 1.54) is 4.90 Å². The third-order valence-corrected chi connectivity index (χ3v) is 6.65. The zero-order valence-corrected chi connectivity index (χ0v) is 22.9. The molecule has 0 saturated carbocycles. The quantitative estimate of drug-likeness (QED) is 0.606. The Hall–Kier alpha value is -3.07. The lowest BCUT2D eigenvalue weighted by Crippen LogP contribution is -2.59. The van der Waals surface area contributed by atoms with Crippen LogP contribution in [0.15, 0.2) is 29.5 Å². The number of urea groups is 2. The van der Waals surface area contributed by atoms with Crippen molar-refractivity contribution in [1.82, 2.24) is 25.3 Å². The summed E-state index contributed by atoms with van der Waals surface area (Å²) < 4.78 is 5.47. The molecular weight excluding hydrogens is 458 g/mol. The molecular formula is C27H41N5O4. The number of hydrogen-bond donors (Lipinski definition) is 2. The molecule has 1 aromatic rings. The van der Waals surface area contributed by atoms with Crippen molar-refractivity contribution in [2.24, 2.45) is 0 Å². The molecule has 2 N–H and O–H groups in total. The molecule has 198 valence electrons. The van der Waals surface area contributed by atoms with E-state index < -0.39 is 12.0 Å². The molecule has 3 rings (SSSR count). The van der Waals surface area contributed by atoms with E-state index in [1.54, 1.807) is 14.0 Å². The second-order valence-electron chi connectivity index (χ2n) is 10.8. The first-order valence-corrected chi connectivity index (χ1v) is 12.6. The predicted octanol–water partition coefficient (Wildman–Crippen LogP) is 3.33. The number of carbonyl (C=O) groups is 3. The van der Waals surface area contributed by atoms with Crippen molar-refractivity contribution >= 4 is 18.0 Å². The topological polar surface area (TPSA) is 94.2 Å². The summed E-state index contributed by atoms with van der Waals surface area (Å²) in [7, 11) is 1.68. The Morgan fingerprint density at radius 2 is 1.89 bits per heavy atom. The SMILES string of the molecule is CCOC(=O)C1=C(CN2CCN(C(=O)NC(C)(C)C)[C@@H](C)C2)N(C)C(=O)N[C@H]1c1cc(C)ccc1C. The highest BCUT2D eigenvalue weighted by Gasteiger charge is 2.39. The van der Waals surface area contributed by atoms with Crippen LogP contribution in [0, 0.1) is 13.8 Å². The van der Waals surface area contributed by atoms with Gasteiger partial charge in [-0.1, -0.05) is 23.8 Å². The van der Waals surface area contributed by atoms with Crippen molar-refractivity contribution < 1.29 is 19.1 Å². The Labute approximate surface area is 214 Å². The lowest BCUT2D eigenvalue weighted by Gasteiger charge is -2.43. The summed E-state index contributed by atoms with van der Waals surface area (Å²) in [6.07, 6.45) is 0. The number of nitrogens with zero attached hydrogens (tertiary/aromatic N) is 3. The maximum Gasteiger partial charge on any atom is 0.338 e. The largest absolute Gasteiger partial charge is 0.463 e. The van der Waals surface area contributed by atoms with Crippen molar-refractivity contribution in [1.29, 1.82) is 0 Å². The molecule has 4 amide bonds. The van der Waals surface area contributed by atoms with Gasteiger partial charge in [0.2, 0.25) is 0 Å². The Balaban J connectivity index is 1.93. The van der Waals surface area contributed by atoms with Crippen LogP contribution < -0.4 is 10.6 Å². The Morgan fingerprint density at radius 3 is 2.50 bits per heavy atom. The summed E-state index contributed by atoms with van der Waals surface area (Å²) in [5.74, 6) is -0.429. The number of hydrogen-bond acceptors (Lipinski definition) is 5. The van der Waals surface area contributed by atoms with Crippen LogP contribution in [-0.2, 0) is 9.53 Å². The minimum Gasteiger partial charge on any atom is -0.463 e. The molecule has 0 unspecified atom stereocenters. The van der Waals surface area contributed by atoms with Crippen molar-refractivity contribution in [2.45, 2.75) is 66.1 Å². The maximum atomic E-state index is 13.3. The van der Waals surface area contributed by atoms with Gasteiger partial charge >= 0.3 is 18.0 Å². The van der Waals surface area contributed by atoms with E-state index in [-0.39, 0.29) is 30.2 Å². The summed E-state index contributed by atoms with van der Waals surface area (Å²) in [5, 5.41) is 6.04. The van der Waals surface area contributed by atoms with Gasteiger partial charge in [0.15, 0.2) is 0 Å². The molecule has 2 heterocycles. The molecule has 0 aliphatic carbocycles. The third-order valence-electron chi connectivity index (χ3n) is 6.65. The minimum absolute atomic E-state index is 0.0229. The number of esters is 1. The fourth-order valence-electron chi connectivity index (χ4n) is 4.79. The van der Waals surface area contributed by atoms with E-state index in [9.17, 15) is 14.4 Å². The van der Waals surface area contributed by atoms with Crippen LogP contribution in [0.1, 0.15) is 57.4 Å². The van der Waals surface area contributed by atoms with Crippen LogP contribution in [0.2, 0.25) is 0 Å². The van der Waals surface area contributed by atoms with E-state index in [1.807, 2.05) is 64.6 Å². The van der Waals surface area contributed by atoms with Gasteiger partial charge in [-0.15, -0.1) is 0 Å². The molecule has 0 aromatic heterocycles. The van der Waals surface area contributed by atoms with Gasteiger partial charge in [0.25, 0.3) is 0 Å². The van der Waals surface area contributed by atoms with E-state index in [4.69, 9.17) is 4.74 Å². The van der Waals surface area contributed by atoms with E-state index in [2.05, 4.69) is 15.5 Å². The summed E-state index contributed by atoms with van der Waals surface area (Å²) in [6, 6.07) is 5.06. The molecule has 36 heavy (non-hydrogen) atoms. The Morgan fingerprint density at radius 1 is 1.19 bits per heavy atom. The lowest BCUT2D eigenvalue weighted by molar-refractivity contribution is -0.139. The molecule has 0 spiro atoms. The first-order valence-electron chi connectivity index (χ1n) is 12.6. The summed E-state index contributed by atoms with van der Waals surface area (Å²) in [5.41, 5.74) is 3.69. The molecule has 9 heteroatoms. The molecule has 2 aliphatic heterocycles. The molecule has 0 bridgehead atoms. The second-order valence-corrected chi connectivity index (χ2v) is 10.8. The number of benzene rings is 1. The number of amides is 4. The first kappa shape index (κ1) is 27.5. The van der Waals surface area contributed by atoms with Crippen molar-refractivity contribution in [3.8, 4) is 0 Å². The fraction of sp³-hybridized carbons (Fsp3) is 0.593. The molecule has 1 saturated heterocycles. The Bertz CT molecular complexity index is 1050. The standard InChI is InChI=1S/C27H41N5O4/c1-9-36-24(33)22-21(16-31-12-13-32(19(4)15-31)26(35)29-27(5,6)7)30(8)25(34)28-23(22)20-14-17(2)10-11-18(20)3/h10-11,14,19,23H,9,12-13,15-16H2,1-8H3,(H,28,34)(H,29,35)/t19-,23-/m0/s1. The van der Waals surface area contributed by atoms with Gasteiger partial charge in [0.1, 0.15) is 0 Å². The minimum atomic E-state index is -0.598. The van der Waals surface area contributed by atoms with Crippen LogP contribution in [0.5, 0.6) is 0 Å². The van der Waals surface area contributed by atoms with Gasteiger partial charge in [-0.2, -0.15) is 0 Å². The van der Waals surface area contributed by atoms with Gasteiger partial charge in [-0.25, -0.2) is 14.4 Å².